The van der Waals surface area contributed by atoms with Gasteiger partial charge in [0.2, 0.25) is 0 Å². The molecule has 3 aromatic rings. The van der Waals surface area contributed by atoms with Crippen molar-refractivity contribution in [2.45, 2.75) is 26.8 Å². The molecule has 2 heterocycles. The molecule has 164 valence electrons. The SMILES string of the molecule is CC(C)Cc1cc(CNCCN2CCN(c3ccccc3)CC2)nn1-c1ccccc1. The van der Waals surface area contributed by atoms with Crippen LogP contribution in [0, 0.1) is 5.92 Å². The van der Waals surface area contributed by atoms with Crippen LogP contribution in [0.2, 0.25) is 0 Å². The van der Waals surface area contributed by atoms with Crippen LogP contribution < -0.4 is 10.2 Å². The summed E-state index contributed by atoms with van der Waals surface area (Å²) in [7, 11) is 0. The van der Waals surface area contributed by atoms with E-state index >= 15 is 0 Å². The fourth-order valence-corrected chi connectivity index (χ4v) is 4.24. The second kappa shape index (κ2) is 10.6. The molecule has 1 aliphatic rings. The quantitative estimate of drug-likeness (QED) is 0.534. The number of aromatic nitrogens is 2. The number of hydrogen-bond donors (Lipinski definition) is 1. The Kier molecular flexibility index (Phi) is 7.39. The Morgan fingerprint density at radius 3 is 2.16 bits per heavy atom. The van der Waals surface area contributed by atoms with Gasteiger partial charge in [0.15, 0.2) is 0 Å². The summed E-state index contributed by atoms with van der Waals surface area (Å²) in [4.78, 5) is 5.04. The molecule has 4 rings (SSSR count). The van der Waals surface area contributed by atoms with Crippen LogP contribution in [0.1, 0.15) is 25.2 Å². The van der Waals surface area contributed by atoms with E-state index in [1.165, 1.54) is 11.4 Å². The Balaban J connectivity index is 1.25. The van der Waals surface area contributed by atoms with Crippen LogP contribution in [0.15, 0.2) is 66.7 Å². The number of anilines is 1. The first-order valence-corrected chi connectivity index (χ1v) is 11.6. The molecule has 0 aliphatic carbocycles. The molecule has 5 nitrogen and oxygen atoms in total. The van der Waals surface area contributed by atoms with Gasteiger partial charge in [0.25, 0.3) is 0 Å². The number of hydrogen-bond acceptors (Lipinski definition) is 4. The predicted molar refractivity (Wildman–Crippen MR) is 129 cm³/mol. The molecular weight excluding hydrogens is 382 g/mol. The standard InChI is InChI=1S/C26H35N5/c1-22(2)19-26-20-23(28-31(26)25-11-7-4-8-12-25)21-27-13-14-29-15-17-30(18-16-29)24-9-5-3-6-10-24/h3-12,20,22,27H,13-19,21H2,1-2H3. The van der Waals surface area contributed by atoms with Crippen LogP contribution >= 0.6 is 0 Å². The van der Waals surface area contributed by atoms with Gasteiger partial charge >= 0.3 is 0 Å². The lowest BCUT2D eigenvalue weighted by molar-refractivity contribution is 0.257. The lowest BCUT2D eigenvalue weighted by Gasteiger charge is -2.36. The molecule has 0 spiro atoms. The van der Waals surface area contributed by atoms with Gasteiger partial charge < -0.3 is 10.2 Å². The average Bonchev–Trinajstić information content (AvgIpc) is 3.20. The van der Waals surface area contributed by atoms with Crippen LogP contribution in [0.25, 0.3) is 5.69 Å². The molecule has 5 heteroatoms. The van der Waals surface area contributed by atoms with Crippen LogP contribution in [0.3, 0.4) is 0 Å². The highest BCUT2D eigenvalue weighted by Crippen LogP contribution is 2.17. The Labute approximate surface area is 186 Å². The number of benzene rings is 2. The van der Waals surface area contributed by atoms with E-state index in [0.717, 1.165) is 63.6 Å². The first-order chi connectivity index (χ1) is 15.2. The third-order valence-electron chi connectivity index (χ3n) is 5.86. The van der Waals surface area contributed by atoms with Gasteiger partial charge in [-0.05, 0) is 42.7 Å². The number of piperazine rings is 1. The minimum atomic E-state index is 0.606. The average molecular weight is 418 g/mol. The van der Waals surface area contributed by atoms with E-state index in [1.54, 1.807) is 0 Å². The molecular formula is C26H35N5. The first-order valence-electron chi connectivity index (χ1n) is 11.6. The molecule has 0 amide bonds. The van der Waals surface area contributed by atoms with Gasteiger partial charge in [0.1, 0.15) is 0 Å². The number of rotatable bonds is 9. The molecule has 1 saturated heterocycles. The summed E-state index contributed by atoms with van der Waals surface area (Å²) in [5, 5.41) is 8.50. The highest BCUT2D eigenvalue weighted by atomic mass is 15.3. The van der Waals surface area contributed by atoms with Crippen molar-refractivity contribution in [1.29, 1.82) is 0 Å². The zero-order chi connectivity index (χ0) is 21.5. The van der Waals surface area contributed by atoms with Crippen molar-refractivity contribution in [1.82, 2.24) is 20.0 Å². The van der Waals surface area contributed by atoms with Gasteiger partial charge in [-0.15, -0.1) is 0 Å². The molecule has 0 unspecified atom stereocenters. The van der Waals surface area contributed by atoms with E-state index in [2.05, 4.69) is 100 Å². The summed E-state index contributed by atoms with van der Waals surface area (Å²) in [6, 6.07) is 23.5. The van der Waals surface area contributed by atoms with Gasteiger partial charge in [-0.3, -0.25) is 4.90 Å². The minimum absolute atomic E-state index is 0.606. The maximum absolute atomic E-state index is 4.90. The zero-order valence-electron chi connectivity index (χ0n) is 18.9. The lowest BCUT2D eigenvalue weighted by atomic mass is 10.1. The topological polar surface area (TPSA) is 36.3 Å². The largest absolute Gasteiger partial charge is 0.369 e. The van der Waals surface area contributed by atoms with Crippen molar-refractivity contribution >= 4 is 5.69 Å². The molecule has 0 bridgehead atoms. The van der Waals surface area contributed by atoms with E-state index < -0.39 is 0 Å². The van der Waals surface area contributed by atoms with Gasteiger partial charge in [-0.25, -0.2) is 4.68 Å². The van der Waals surface area contributed by atoms with Crippen LogP contribution in [0.4, 0.5) is 5.69 Å². The van der Waals surface area contributed by atoms with Crippen LogP contribution in [0.5, 0.6) is 0 Å². The number of para-hydroxylation sites is 2. The third-order valence-corrected chi connectivity index (χ3v) is 5.86. The van der Waals surface area contributed by atoms with Crippen molar-refractivity contribution in [3.05, 3.63) is 78.1 Å². The number of nitrogens with zero attached hydrogens (tertiary/aromatic N) is 4. The Morgan fingerprint density at radius 1 is 0.871 bits per heavy atom. The molecule has 0 radical (unpaired) electrons. The molecule has 1 aromatic heterocycles. The van der Waals surface area contributed by atoms with Gasteiger partial charge in [0, 0.05) is 57.2 Å². The maximum atomic E-state index is 4.90. The predicted octanol–water partition coefficient (Wildman–Crippen LogP) is 3.98. The van der Waals surface area contributed by atoms with Crippen molar-refractivity contribution in [2.75, 3.05) is 44.2 Å². The van der Waals surface area contributed by atoms with E-state index in [4.69, 9.17) is 5.10 Å². The van der Waals surface area contributed by atoms with Gasteiger partial charge in [-0.2, -0.15) is 5.10 Å². The first kappa shape index (κ1) is 21.6. The van der Waals surface area contributed by atoms with E-state index in [9.17, 15) is 0 Å². The summed E-state index contributed by atoms with van der Waals surface area (Å²) in [5.41, 5.74) is 4.88. The second-order valence-corrected chi connectivity index (χ2v) is 8.81. The molecule has 2 aromatic carbocycles. The highest BCUT2D eigenvalue weighted by molar-refractivity contribution is 5.46. The summed E-state index contributed by atoms with van der Waals surface area (Å²) in [6.07, 6.45) is 1.04. The molecule has 0 atom stereocenters. The molecule has 1 fully saturated rings. The maximum Gasteiger partial charge on any atom is 0.0769 e. The normalized spacial score (nSPS) is 15.0. The summed E-state index contributed by atoms with van der Waals surface area (Å²) in [5.74, 6) is 0.606. The Morgan fingerprint density at radius 2 is 1.52 bits per heavy atom. The number of nitrogens with one attached hydrogen (secondary N) is 1. The highest BCUT2D eigenvalue weighted by Gasteiger charge is 2.16. The second-order valence-electron chi connectivity index (χ2n) is 8.81. The van der Waals surface area contributed by atoms with Crippen molar-refractivity contribution in [3.63, 3.8) is 0 Å². The molecule has 1 N–H and O–H groups in total. The summed E-state index contributed by atoms with van der Waals surface area (Å²) < 4.78 is 2.11. The van der Waals surface area contributed by atoms with Crippen molar-refractivity contribution in [2.24, 2.45) is 5.92 Å². The van der Waals surface area contributed by atoms with Crippen LogP contribution in [-0.2, 0) is 13.0 Å². The lowest BCUT2D eigenvalue weighted by Crippen LogP contribution is -2.48. The molecule has 31 heavy (non-hydrogen) atoms. The van der Waals surface area contributed by atoms with Gasteiger partial charge in [0.05, 0.1) is 11.4 Å². The van der Waals surface area contributed by atoms with Crippen molar-refractivity contribution in [3.8, 4) is 5.69 Å². The minimum Gasteiger partial charge on any atom is -0.369 e. The smallest absolute Gasteiger partial charge is 0.0769 e. The van der Waals surface area contributed by atoms with Crippen LogP contribution in [-0.4, -0.2) is 53.9 Å². The molecule has 1 aliphatic heterocycles. The van der Waals surface area contributed by atoms with E-state index in [0.29, 0.717) is 5.92 Å². The Bertz CT molecular complexity index is 911. The monoisotopic (exact) mass is 417 g/mol. The summed E-state index contributed by atoms with van der Waals surface area (Å²) >= 11 is 0. The third kappa shape index (κ3) is 5.96. The van der Waals surface area contributed by atoms with Crippen molar-refractivity contribution < 1.29 is 0 Å². The van der Waals surface area contributed by atoms with E-state index in [1.807, 2.05) is 0 Å². The fraction of sp³-hybridized carbons (Fsp3) is 0.423. The van der Waals surface area contributed by atoms with E-state index in [-0.39, 0.29) is 0 Å². The summed E-state index contributed by atoms with van der Waals surface area (Å²) in [6.45, 7) is 11.9. The zero-order valence-corrected chi connectivity index (χ0v) is 18.9. The van der Waals surface area contributed by atoms with Gasteiger partial charge in [-0.1, -0.05) is 50.2 Å². The Hall–Kier alpha value is -2.63. The molecule has 0 saturated carbocycles. The fourth-order valence-electron chi connectivity index (χ4n) is 4.24.